The number of para-hydroxylation sites is 1. The van der Waals surface area contributed by atoms with Gasteiger partial charge in [0.25, 0.3) is 5.91 Å². The van der Waals surface area contributed by atoms with E-state index in [1.165, 1.54) is 12.3 Å². The van der Waals surface area contributed by atoms with Gasteiger partial charge in [0, 0.05) is 48.6 Å². The van der Waals surface area contributed by atoms with E-state index in [9.17, 15) is 9.59 Å². The number of amides is 2. The minimum absolute atomic E-state index is 0.225. The highest BCUT2D eigenvalue weighted by molar-refractivity contribution is 6.31. The quantitative estimate of drug-likeness (QED) is 0.301. The summed E-state index contributed by atoms with van der Waals surface area (Å²) < 4.78 is 5.24. The molecule has 8 nitrogen and oxygen atoms in total. The molecule has 0 aliphatic rings. The van der Waals surface area contributed by atoms with Crippen LogP contribution in [0, 0.1) is 0 Å². The van der Waals surface area contributed by atoms with E-state index >= 15 is 0 Å². The highest BCUT2D eigenvalue weighted by Gasteiger charge is 2.14. The molecule has 4 rings (SSSR count). The van der Waals surface area contributed by atoms with Crippen molar-refractivity contribution in [3.8, 4) is 0 Å². The van der Waals surface area contributed by atoms with E-state index < -0.39 is 6.09 Å². The lowest BCUT2D eigenvalue weighted by Gasteiger charge is -2.21. The van der Waals surface area contributed by atoms with Gasteiger partial charge in [-0.1, -0.05) is 54.1 Å². The van der Waals surface area contributed by atoms with Crippen molar-refractivity contribution in [3.05, 3.63) is 95.4 Å². The van der Waals surface area contributed by atoms with Crippen molar-refractivity contribution in [3.63, 3.8) is 0 Å². The second-order valence-electron chi connectivity index (χ2n) is 8.11. The van der Waals surface area contributed by atoms with Gasteiger partial charge in [-0.15, -0.1) is 0 Å². The number of aromatic nitrogens is 2. The molecule has 184 valence electrons. The molecule has 0 radical (unpaired) electrons. The van der Waals surface area contributed by atoms with E-state index in [0.29, 0.717) is 29.3 Å². The Hall–Kier alpha value is -4.17. The Labute approximate surface area is 214 Å². The molecule has 2 heterocycles. The lowest BCUT2D eigenvalue weighted by atomic mass is 10.1. The number of hydrogen-bond donors (Lipinski definition) is 2. The molecule has 9 heteroatoms. The maximum Gasteiger partial charge on any atom is 0.407 e. The standard InChI is InChI=1S/C27H26ClN5O3/c1-33(16-6-13-31-27(35)36-18-19-7-3-2-4-8-19)24-12-15-30-25-21(24)9-5-10-22(25)32-26(34)23-17-20(28)11-14-29-23/h2-5,7-12,14-15,17H,6,13,16,18H2,1H3,(H,31,35)(H,32,34). The summed E-state index contributed by atoms with van der Waals surface area (Å²) in [5.74, 6) is -0.365. The number of rotatable bonds is 9. The Morgan fingerprint density at radius 2 is 1.81 bits per heavy atom. The Balaban J connectivity index is 1.34. The van der Waals surface area contributed by atoms with Crippen LogP contribution in [0.5, 0.6) is 0 Å². The van der Waals surface area contributed by atoms with E-state index in [1.807, 2.05) is 55.6 Å². The summed E-state index contributed by atoms with van der Waals surface area (Å²) in [5, 5.41) is 7.00. The Morgan fingerprint density at radius 1 is 1.00 bits per heavy atom. The lowest BCUT2D eigenvalue weighted by Crippen LogP contribution is -2.28. The molecule has 0 atom stereocenters. The van der Waals surface area contributed by atoms with Gasteiger partial charge in [-0.3, -0.25) is 14.8 Å². The van der Waals surface area contributed by atoms with Crippen molar-refractivity contribution in [2.75, 3.05) is 30.4 Å². The zero-order valence-corrected chi connectivity index (χ0v) is 20.5. The molecule has 2 aromatic heterocycles. The number of ether oxygens (including phenoxy) is 1. The Kier molecular flexibility index (Phi) is 8.31. The molecule has 0 saturated heterocycles. The van der Waals surface area contributed by atoms with Crippen molar-refractivity contribution in [1.29, 1.82) is 0 Å². The number of anilines is 2. The number of hydrogen-bond acceptors (Lipinski definition) is 6. The molecule has 36 heavy (non-hydrogen) atoms. The first kappa shape index (κ1) is 24.9. The third-order valence-corrected chi connectivity index (χ3v) is 5.75. The van der Waals surface area contributed by atoms with Crippen molar-refractivity contribution in [1.82, 2.24) is 15.3 Å². The van der Waals surface area contributed by atoms with Crippen LogP contribution in [-0.2, 0) is 11.3 Å². The van der Waals surface area contributed by atoms with Crippen LogP contribution in [0.1, 0.15) is 22.5 Å². The van der Waals surface area contributed by atoms with Gasteiger partial charge in [0.05, 0.1) is 11.2 Å². The highest BCUT2D eigenvalue weighted by Crippen LogP contribution is 2.29. The summed E-state index contributed by atoms with van der Waals surface area (Å²) in [7, 11) is 1.98. The van der Waals surface area contributed by atoms with Crippen LogP contribution >= 0.6 is 11.6 Å². The molecule has 0 aliphatic heterocycles. The Bertz CT molecular complexity index is 1350. The smallest absolute Gasteiger partial charge is 0.407 e. The predicted octanol–water partition coefficient (Wildman–Crippen LogP) is 5.29. The molecule has 2 amide bonds. The predicted molar refractivity (Wildman–Crippen MR) is 141 cm³/mol. The zero-order chi connectivity index (χ0) is 25.3. The third-order valence-electron chi connectivity index (χ3n) is 5.51. The number of carbonyl (C=O) groups excluding carboxylic acids is 2. The molecule has 0 unspecified atom stereocenters. The molecule has 0 aliphatic carbocycles. The van der Waals surface area contributed by atoms with E-state index in [4.69, 9.17) is 16.3 Å². The molecule has 0 saturated carbocycles. The van der Waals surface area contributed by atoms with Crippen molar-refractivity contribution >= 4 is 45.9 Å². The second kappa shape index (κ2) is 12.0. The molecular formula is C27H26ClN5O3. The maximum atomic E-state index is 12.7. The molecule has 2 aromatic carbocycles. The van der Waals surface area contributed by atoms with Crippen LogP contribution in [0.4, 0.5) is 16.2 Å². The first-order chi connectivity index (χ1) is 17.5. The van der Waals surface area contributed by atoms with Crippen LogP contribution in [0.15, 0.2) is 79.1 Å². The number of carbonyl (C=O) groups is 2. The van der Waals surface area contributed by atoms with E-state index in [-0.39, 0.29) is 18.2 Å². The van der Waals surface area contributed by atoms with Crippen molar-refractivity contribution < 1.29 is 14.3 Å². The SMILES string of the molecule is CN(CCCNC(=O)OCc1ccccc1)c1ccnc2c(NC(=O)c3cc(Cl)ccn3)cccc12. The summed E-state index contributed by atoms with van der Waals surface area (Å²) >= 11 is 5.99. The van der Waals surface area contributed by atoms with Crippen LogP contribution < -0.4 is 15.5 Å². The van der Waals surface area contributed by atoms with E-state index in [2.05, 4.69) is 25.5 Å². The van der Waals surface area contributed by atoms with Gasteiger partial charge >= 0.3 is 6.09 Å². The van der Waals surface area contributed by atoms with Gasteiger partial charge in [0.2, 0.25) is 0 Å². The summed E-state index contributed by atoms with van der Waals surface area (Å²) in [6.45, 7) is 1.41. The zero-order valence-electron chi connectivity index (χ0n) is 19.8. The van der Waals surface area contributed by atoms with Crippen LogP contribution in [-0.4, -0.2) is 42.1 Å². The fraction of sp³-hybridized carbons (Fsp3) is 0.185. The van der Waals surface area contributed by atoms with Crippen LogP contribution in [0.3, 0.4) is 0 Å². The highest BCUT2D eigenvalue weighted by atomic mass is 35.5. The number of nitrogens with one attached hydrogen (secondary N) is 2. The second-order valence-corrected chi connectivity index (χ2v) is 8.55. The molecule has 0 spiro atoms. The average molecular weight is 504 g/mol. The largest absolute Gasteiger partial charge is 0.445 e. The fourth-order valence-corrected chi connectivity index (χ4v) is 3.87. The maximum absolute atomic E-state index is 12.7. The van der Waals surface area contributed by atoms with Crippen LogP contribution in [0.25, 0.3) is 10.9 Å². The number of nitrogens with zero attached hydrogens (tertiary/aromatic N) is 3. The van der Waals surface area contributed by atoms with Gasteiger partial charge in [-0.2, -0.15) is 0 Å². The monoisotopic (exact) mass is 503 g/mol. The van der Waals surface area contributed by atoms with Crippen LogP contribution in [0.2, 0.25) is 5.02 Å². The minimum Gasteiger partial charge on any atom is -0.445 e. The summed E-state index contributed by atoms with van der Waals surface area (Å²) in [6, 6.07) is 20.2. The average Bonchev–Trinajstić information content (AvgIpc) is 2.90. The van der Waals surface area contributed by atoms with Gasteiger partial charge < -0.3 is 20.3 Å². The molecule has 4 aromatic rings. The fourth-order valence-electron chi connectivity index (χ4n) is 3.71. The number of halogens is 1. The summed E-state index contributed by atoms with van der Waals surface area (Å²) in [5.41, 5.74) is 3.37. The van der Waals surface area contributed by atoms with Crippen molar-refractivity contribution in [2.24, 2.45) is 0 Å². The molecular weight excluding hydrogens is 478 g/mol. The normalized spacial score (nSPS) is 10.6. The third kappa shape index (κ3) is 6.49. The summed E-state index contributed by atoms with van der Waals surface area (Å²) in [6.07, 6.45) is 3.48. The number of pyridine rings is 2. The Morgan fingerprint density at radius 3 is 2.61 bits per heavy atom. The lowest BCUT2D eigenvalue weighted by molar-refractivity contribution is 0.102. The van der Waals surface area contributed by atoms with Gasteiger partial charge in [-0.25, -0.2) is 4.79 Å². The first-order valence-corrected chi connectivity index (χ1v) is 11.9. The van der Waals surface area contributed by atoms with E-state index in [1.54, 1.807) is 18.3 Å². The van der Waals surface area contributed by atoms with Crippen molar-refractivity contribution in [2.45, 2.75) is 13.0 Å². The first-order valence-electron chi connectivity index (χ1n) is 11.5. The van der Waals surface area contributed by atoms with Gasteiger partial charge in [0.1, 0.15) is 12.3 Å². The number of alkyl carbamates (subject to hydrolysis) is 1. The molecule has 2 N–H and O–H groups in total. The topological polar surface area (TPSA) is 96.5 Å². The van der Waals surface area contributed by atoms with E-state index in [0.717, 1.165) is 23.1 Å². The summed E-state index contributed by atoms with van der Waals surface area (Å²) in [4.78, 5) is 35.3. The van der Waals surface area contributed by atoms with Gasteiger partial charge in [0.15, 0.2) is 0 Å². The molecule has 0 bridgehead atoms. The molecule has 0 fully saturated rings. The number of fused-ring (bicyclic) bond motifs is 1. The minimum atomic E-state index is -0.439. The number of benzene rings is 2. The van der Waals surface area contributed by atoms with Gasteiger partial charge in [-0.05, 0) is 36.2 Å².